The van der Waals surface area contributed by atoms with E-state index in [1.165, 1.54) is 0 Å². The van der Waals surface area contributed by atoms with Crippen LogP contribution in [0.1, 0.15) is 37.0 Å². The molecule has 0 bridgehead atoms. The van der Waals surface area contributed by atoms with Crippen molar-refractivity contribution in [2.75, 3.05) is 0 Å². The lowest BCUT2D eigenvalue weighted by Gasteiger charge is -2.20. The molecule has 0 saturated heterocycles. The Balaban J connectivity index is 2.96. The van der Waals surface area contributed by atoms with Crippen LogP contribution in [0.4, 0.5) is 0 Å². The lowest BCUT2D eigenvalue weighted by molar-refractivity contribution is 0.0914. The molecular weight excluding hydrogens is 262 g/mol. The second-order valence-electron chi connectivity index (χ2n) is 4.27. The zero-order valence-corrected chi connectivity index (χ0v) is 10.5. The van der Waals surface area contributed by atoms with Gasteiger partial charge < -0.3 is 15.3 Å². The Kier molecular flexibility index (Phi) is 3.38. The number of rotatable bonds is 2. The standard InChI is InChI=1S/C9H14BrN3O2/c1-9(2,3)13-7(14)6-5(4-10)11-8(15)12-6/h4H2,1-3H3,(H,13,14)(H2,11,12,15). The number of aromatic amines is 2. The first kappa shape index (κ1) is 12.0. The molecule has 1 amide bonds. The smallest absolute Gasteiger partial charge is 0.323 e. The summed E-state index contributed by atoms with van der Waals surface area (Å²) < 4.78 is 0. The van der Waals surface area contributed by atoms with Crippen LogP contribution < -0.4 is 11.0 Å². The van der Waals surface area contributed by atoms with Gasteiger partial charge in [0, 0.05) is 10.9 Å². The van der Waals surface area contributed by atoms with Gasteiger partial charge in [0.25, 0.3) is 5.91 Å². The maximum Gasteiger partial charge on any atom is 0.323 e. The number of carbonyl (C=O) groups excluding carboxylic acids is 1. The Hall–Kier alpha value is -1.04. The molecule has 1 heterocycles. The van der Waals surface area contributed by atoms with Crippen LogP contribution >= 0.6 is 15.9 Å². The van der Waals surface area contributed by atoms with E-state index in [-0.39, 0.29) is 22.8 Å². The van der Waals surface area contributed by atoms with Crippen LogP contribution in [0.3, 0.4) is 0 Å². The number of hydrogen-bond donors (Lipinski definition) is 3. The van der Waals surface area contributed by atoms with Crippen molar-refractivity contribution < 1.29 is 4.79 Å². The molecule has 0 aromatic carbocycles. The van der Waals surface area contributed by atoms with Crippen molar-refractivity contribution in [3.8, 4) is 0 Å². The topological polar surface area (TPSA) is 77.8 Å². The van der Waals surface area contributed by atoms with E-state index in [1.54, 1.807) is 0 Å². The maximum atomic E-state index is 11.7. The van der Waals surface area contributed by atoms with Crippen LogP contribution in [0.15, 0.2) is 4.79 Å². The number of hydrogen-bond acceptors (Lipinski definition) is 2. The average Bonchev–Trinajstić information content (AvgIpc) is 2.43. The molecule has 0 radical (unpaired) electrons. The fraction of sp³-hybridized carbons (Fsp3) is 0.556. The molecule has 0 fully saturated rings. The van der Waals surface area contributed by atoms with Gasteiger partial charge in [-0.05, 0) is 20.8 Å². The summed E-state index contributed by atoms with van der Waals surface area (Å²) in [6.45, 7) is 5.64. The van der Waals surface area contributed by atoms with Crippen molar-refractivity contribution in [1.29, 1.82) is 0 Å². The fourth-order valence-corrected chi connectivity index (χ4v) is 1.54. The lowest BCUT2D eigenvalue weighted by atomic mass is 10.1. The highest BCUT2D eigenvalue weighted by atomic mass is 79.9. The number of nitrogens with one attached hydrogen (secondary N) is 3. The van der Waals surface area contributed by atoms with E-state index in [0.717, 1.165) is 0 Å². The quantitative estimate of drug-likeness (QED) is 0.708. The van der Waals surface area contributed by atoms with Crippen LogP contribution in [0.25, 0.3) is 0 Å². The molecule has 3 N–H and O–H groups in total. The molecule has 5 nitrogen and oxygen atoms in total. The second kappa shape index (κ2) is 4.22. The summed E-state index contributed by atoms with van der Waals surface area (Å²) in [4.78, 5) is 27.8. The number of alkyl halides is 1. The van der Waals surface area contributed by atoms with E-state index >= 15 is 0 Å². The van der Waals surface area contributed by atoms with Gasteiger partial charge >= 0.3 is 5.69 Å². The number of amides is 1. The van der Waals surface area contributed by atoms with Crippen LogP contribution in [-0.4, -0.2) is 21.4 Å². The van der Waals surface area contributed by atoms with Crippen molar-refractivity contribution in [3.63, 3.8) is 0 Å². The molecule has 0 spiro atoms. The van der Waals surface area contributed by atoms with Gasteiger partial charge in [-0.2, -0.15) is 0 Å². The van der Waals surface area contributed by atoms with E-state index < -0.39 is 0 Å². The third kappa shape index (κ3) is 3.23. The number of H-pyrrole nitrogens is 2. The predicted octanol–water partition coefficient (Wildman–Crippen LogP) is 1.13. The SMILES string of the molecule is CC(C)(C)NC(=O)c1[nH]c(=O)[nH]c1CBr. The first-order valence-corrected chi connectivity index (χ1v) is 5.65. The van der Waals surface area contributed by atoms with Gasteiger partial charge in [-0.3, -0.25) is 4.79 Å². The number of aromatic nitrogens is 2. The Bertz CT molecular complexity index is 414. The molecule has 84 valence electrons. The molecule has 0 aliphatic rings. The second-order valence-corrected chi connectivity index (χ2v) is 4.83. The first-order chi connectivity index (χ1) is 6.83. The summed E-state index contributed by atoms with van der Waals surface area (Å²) in [7, 11) is 0. The van der Waals surface area contributed by atoms with E-state index in [2.05, 4.69) is 31.2 Å². The van der Waals surface area contributed by atoms with E-state index in [9.17, 15) is 9.59 Å². The Labute approximate surface area is 95.8 Å². The molecule has 0 unspecified atom stereocenters. The van der Waals surface area contributed by atoms with Gasteiger partial charge in [-0.1, -0.05) is 15.9 Å². The Morgan fingerprint density at radius 2 is 2.00 bits per heavy atom. The summed E-state index contributed by atoms with van der Waals surface area (Å²) in [6, 6.07) is 0. The third-order valence-electron chi connectivity index (χ3n) is 1.65. The molecule has 6 heteroatoms. The van der Waals surface area contributed by atoms with Crippen LogP contribution in [0, 0.1) is 0 Å². The minimum absolute atomic E-state index is 0.282. The number of imidazole rings is 1. The minimum Gasteiger partial charge on any atom is -0.346 e. The summed E-state index contributed by atoms with van der Waals surface area (Å²) in [5, 5.41) is 3.20. The molecule has 1 aromatic rings. The average molecular weight is 276 g/mol. The maximum absolute atomic E-state index is 11.7. The number of halogens is 1. The van der Waals surface area contributed by atoms with E-state index in [0.29, 0.717) is 11.0 Å². The molecule has 0 atom stereocenters. The zero-order valence-electron chi connectivity index (χ0n) is 8.90. The number of carbonyl (C=O) groups is 1. The molecular formula is C9H14BrN3O2. The van der Waals surface area contributed by atoms with Gasteiger partial charge in [0.15, 0.2) is 0 Å². The van der Waals surface area contributed by atoms with Crippen molar-refractivity contribution in [1.82, 2.24) is 15.3 Å². The summed E-state index contributed by atoms with van der Waals surface area (Å²) in [5.74, 6) is -0.282. The van der Waals surface area contributed by atoms with Crippen LogP contribution in [-0.2, 0) is 5.33 Å². The van der Waals surface area contributed by atoms with Gasteiger partial charge in [-0.25, -0.2) is 4.79 Å². The third-order valence-corrected chi connectivity index (χ3v) is 2.21. The van der Waals surface area contributed by atoms with E-state index in [4.69, 9.17) is 0 Å². The van der Waals surface area contributed by atoms with Crippen molar-refractivity contribution >= 4 is 21.8 Å². The van der Waals surface area contributed by atoms with E-state index in [1.807, 2.05) is 20.8 Å². The van der Waals surface area contributed by atoms with Crippen LogP contribution in [0.2, 0.25) is 0 Å². The van der Waals surface area contributed by atoms with Gasteiger partial charge in [0.05, 0.1) is 5.69 Å². The molecule has 15 heavy (non-hydrogen) atoms. The minimum atomic E-state index is -0.372. The molecule has 0 aliphatic carbocycles. The largest absolute Gasteiger partial charge is 0.346 e. The van der Waals surface area contributed by atoms with Gasteiger partial charge in [-0.15, -0.1) is 0 Å². The normalized spacial score (nSPS) is 11.5. The fourth-order valence-electron chi connectivity index (χ4n) is 1.12. The van der Waals surface area contributed by atoms with Crippen LogP contribution in [0.5, 0.6) is 0 Å². The van der Waals surface area contributed by atoms with Crippen molar-refractivity contribution in [2.24, 2.45) is 0 Å². The summed E-state index contributed by atoms with van der Waals surface area (Å²) >= 11 is 3.20. The van der Waals surface area contributed by atoms with Crippen molar-refractivity contribution in [2.45, 2.75) is 31.6 Å². The van der Waals surface area contributed by atoms with Crippen molar-refractivity contribution in [3.05, 3.63) is 21.9 Å². The highest BCUT2D eigenvalue weighted by Crippen LogP contribution is 2.07. The van der Waals surface area contributed by atoms with Gasteiger partial charge in [0.1, 0.15) is 5.69 Å². The highest BCUT2D eigenvalue weighted by Gasteiger charge is 2.19. The Morgan fingerprint density at radius 3 is 2.47 bits per heavy atom. The predicted molar refractivity (Wildman–Crippen MR) is 61.3 cm³/mol. The molecule has 0 aliphatic heterocycles. The summed E-state index contributed by atoms with van der Waals surface area (Å²) in [5.41, 5.74) is 0.145. The molecule has 1 aromatic heterocycles. The molecule has 0 saturated carbocycles. The molecule has 1 rings (SSSR count). The Morgan fingerprint density at radius 1 is 1.40 bits per heavy atom. The monoisotopic (exact) mass is 275 g/mol. The zero-order chi connectivity index (χ0) is 11.6. The highest BCUT2D eigenvalue weighted by molar-refractivity contribution is 9.08. The first-order valence-electron chi connectivity index (χ1n) is 4.53. The lowest BCUT2D eigenvalue weighted by Crippen LogP contribution is -2.41. The van der Waals surface area contributed by atoms with Gasteiger partial charge in [0.2, 0.25) is 0 Å². The summed E-state index contributed by atoms with van der Waals surface area (Å²) in [6.07, 6.45) is 0.